The first-order chi connectivity index (χ1) is 19.1. The van der Waals surface area contributed by atoms with Gasteiger partial charge >= 0.3 is 6.18 Å². The Labute approximate surface area is 236 Å². The second-order valence-electron chi connectivity index (χ2n) is 11.3. The predicted molar refractivity (Wildman–Crippen MR) is 144 cm³/mol. The first-order valence-electron chi connectivity index (χ1n) is 13.1. The highest BCUT2D eigenvalue weighted by atomic mass is 19.4. The quantitative estimate of drug-likeness (QED) is 0.466. The summed E-state index contributed by atoms with van der Waals surface area (Å²) in [5.41, 5.74) is -4.77. The van der Waals surface area contributed by atoms with Crippen molar-refractivity contribution in [2.24, 2.45) is 5.41 Å². The number of hydrogen-bond donors (Lipinski definition) is 1. The summed E-state index contributed by atoms with van der Waals surface area (Å²) < 4.78 is 61.5. The van der Waals surface area contributed by atoms with E-state index in [0.717, 1.165) is 4.90 Å². The van der Waals surface area contributed by atoms with Gasteiger partial charge in [-0.2, -0.15) is 13.2 Å². The second-order valence-corrected chi connectivity index (χ2v) is 11.3. The third-order valence-electron chi connectivity index (χ3n) is 7.09. The third kappa shape index (κ3) is 5.62. The number of rotatable bonds is 8. The lowest BCUT2D eigenvalue weighted by molar-refractivity contribution is -0.190. The largest absolute Gasteiger partial charge is 0.497 e. The zero-order valence-corrected chi connectivity index (χ0v) is 23.8. The van der Waals surface area contributed by atoms with E-state index in [0.29, 0.717) is 22.8 Å². The van der Waals surface area contributed by atoms with Crippen molar-refractivity contribution in [1.82, 2.24) is 10.2 Å². The lowest BCUT2D eigenvalue weighted by Crippen LogP contribution is -2.66. The van der Waals surface area contributed by atoms with Gasteiger partial charge in [-0.1, -0.05) is 13.8 Å². The monoisotopic (exact) mass is 574 g/mol. The predicted octanol–water partition coefficient (Wildman–Crippen LogP) is 5.21. The van der Waals surface area contributed by atoms with Crippen LogP contribution in [0.15, 0.2) is 53.7 Å². The van der Waals surface area contributed by atoms with Crippen molar-refractivity contribution in [3.8, 4) is 17.2 Å². The van der Waals surface area contributed by atoms with Crippen molar-refractivity contribution in [2.45, 2.75) is 64.9 Å². The van der Waals surface area contributed by atoms with Gasteiger partial charge in [0.05, 0.1) is 32.4 Å². The molecule has 2 aromatic rings. The van der Waals surface area contributed by atoms with E-state index in [1.54, 1.807) is 45.9 Å². The van der Waals surface area contributed by atoms with Crippen LogP contribution in [0.3, 0.4) is 0 Å². The highest BCUT2D eigenvalue weighted by Crippen LogP contribution is 2.52. The molecule has 2 amide bonds. The van der Waals surface area contributed by atoms with Crippen LogP contribution >= 0.6 is 0 Å². The van der Waals surface area contributed by atoms with Gasteiger partial charge < -0.3 is 24.4 Å². The molecule has 8 nitrogen and oxygen atoms in total. The van der Waals surface area contributed by atoms with Crippen molar-refractivity contribution >= 4 is 17.6 Å². The Balaban J connectivity index is 1.81. The first-order valence-corrected chi connectivity index (χ1v) is 13.1. The molecule has 1 heterocycles. The number of Topliss-reactive ketones (excluding diaryl/α,β-unsaturated/α-hetero) is 1. The molecule has 1 N–H and O–H groups in total. The Bertz CT molecular complexity index is 1380. The first kappa shape index (κ1) is 30.0. The van der Waals surface area contributed by atoms with Crippen LogP contribution in [-0.2, 0) is 16.1 Å². The van der Waals surface area contributed by atoms with Crippen molar-refractivity contribution < 1.29 is 41.8 Å². The lowest BCUT2D eigenvalue weighted by atomic mass is 9.72. The van der Waals surface area contributed by atoms with Gasteiger partial charge in [0.2, 0.25) is 5.54 Å². The number of ether oxygens (including phenoxy) is 3. The number of alkyl halides is 3. The van der Waals surface area contributed by atoms with Crippen molar-refractivity contribution in [2.75, 3.05) is 14.2 Å². The summed E-state index contributed by atoms with van der Waals surface area (Å²) in [6.07, 6.45) is -5.66. The summed E-state index contributed by atoms with van der Waals surface area (Å²) in [7, 11) is 2.85. The molecule has 0 saturated heterocycles. The minimum Gasteiger partial charge on any atom is -0.497 e. The second kappa shape index (κ2) is 10.8. The summed E-state index contributed by atoms with van der Waals surface area (Å²) >= 11 is 0. The van der Waals surface area contributed by atoms with Crippen LogP contribution in [0.5, 0.6) is 17.2 Å². The molecule has 1 aliphatic carbocycles. The van der Waals surface area contributed by atoms with E-state index in [1.165, 1.54) is 38.5 Å². The minimum absolute atomic E-state index is 0.0237. The number of allylic oxidation sites excluding steroid dienone is 1. The molecule has 1 aliphatic heterocycles. The van der Waals surface area contributed by atoms with E-state index >= 15 is 13.2 Å². The van der Waals surface area contributed by atoms with Gasteiger partial charge in [-0.3, -0.25) is 14.4 Å². The molecule has 41 heavy (non-hydrogen) atoms. The number of methoxy groups -OCH3 is 2. The Kier molecular flexibility index (Phi) is 7.86. The number of benzene rings is 2. The smallest absolute Gasteiger partial charge is 0.425 e. The fourth-order valence-electron chi connectivity index (χ4n) is 5.33. The average Bonchev–Trinajstić information content (AvgIpc) is 3.11. The number of carbonyl (C=O) groups is 3. The number of halogens is 3. The van der Waals surface area contributed by atoms with Gasteiger partial charge in [0.1, 0.15) is 17.2 Å². The molecule has 4 rings (SSSR count). The van der Waals surface area contributed by atoms with Crippen molar-refractivity contribution in [3.05, 3.63) is 64.9 Å². The summed E-state index contributed by atoms with van der Waals surface area (Å²) in [4.78, 5) is 41.6. The molecule has 0 fully saturated rings. The van der Waals surface area contributed by atoms with Crippen molar-refractivity contribution in [3.63, 3.8) is 0 Å². The van der Waals surface area contributed by atoms with Crippen molar-refractivity contribution in [1.29, 1.82) is 0 Å². The third-order valence-corrected chi connectivity index (χ3v) is 7.09. The van der Waals surface area contributed by atoms with E-state index < -0.39 is 40.3 Å². The fourth-order valence-corrected chi connectivity index (χ4v) is 5.33. The maximum Gasteiger partial charge on any atom is 0.425 e. The molecule has 0 radical (unpaired) electrons. The van der Waals surface area contributed by atoms with Crippen LogP contribution < -0.4 is 19.5 Å². The average molecular weight is 575 g/mol. The van der Waals surface area contributed by atoms with E-state index in [-0.39, 0.29) is 36.8 Å². The molecular formula is C30H33F3N2O6. The van der Waals surface area contributed by atoms with Crippen LogP contribution in [-0.4, -0.2) is 54.5 Å². The molecule has 2 aromatic carbocycles. The molecule has 1 atom stereocenters. The molecule has 0 aromatic heterocycles. The molecule has 0 saturated carbocycles. The lowest BCUT2D eigenvalue weighted by Gasteiger charge is -2.35. The highest BCUT2D eigenvalue weighted by molar-refractivity contribution is 6.14. The van der Waals surface area contributed by atoms with Crippen LogP contribution in [0.4, 0.5) is 13.2 Å². The van der Waals surface area contributed by atoms with Crippen LogP contribution in [0.2, 0.25) is 0 Å². The summed E-state index contributed by atoms with van der Waals surface area (Å²) in [6.45, 7) is 6.81. The SMILES string of the molecule is COc1cc(CN2C(=O)C(NC(=O)c3ccc(OC(C)C)cc3)(C(F)(F)F)C3=C2CC(C)(C)CC3=O)cc(OC)c1. The molecule has 1 unspecified atom stereocenters. The van der Waals surface area contributed by atoms with Crippen LogP contribution in [0.25, 0.3) is 0 Å². The molecule has 0 spiro atoms. The molecular weight excluding hydrogens is 541 g/mol. The Morgan fingerprint density at radius 1 is 0.976 bits per heavy atom. The van der Waals surface area contributed by atoms with E-state index in [2.05, 4.69) is 0 Å². The number of hydrogen-bond acceptors (Lipinski definition) is 6. The van der Waals surface area contributed by atoms with Gasteiger partial charge in [0.25, 0.3) is 11.8 Å². The molecule has 0 bridgehead atoms. The maximum atomic E-state index is 15.1. The number of carbonyl (C=O) groups excluding carboxylic acids is 3. The topological polar surface area (TPSA) is 94.2 Å². The van der Waals surface area contributed by atoms with Gasteiger partial charge in [0.15, 0.2) is 5.78 Å². The van der Waals surface area contributed by atoms with Gasteiger partial charge in [-0.25, -0.2) is 0 Å². The van der Waals surface area contributed by atoms with Crippen LogP contribution in [0, 0.1) is 5.41 Å². The number of ketones is 1. The summed E-state index contributed by atoms with van der Waals surface area (Å²) in [5, 5.41) is 1.95. The van der Waals surface area contributed by atoms with E-state index in [4.69, 9.17) is 14.2 Å². The Hall–Kier alpha value is -4.02. The minimum atomic E-state index is -5.32. The van der Waals surface area contributed by atoms with Gasteiger partial charge in [-0.05, 0) is 67.6 Å². The number of amides is 2. The van der Waals surface area contributed by atoms with E-state index in [9.17, 15) is 14.4 Å². The zero-order chi connectivity index (χ0) is 30.3. The fraction of sp³-hybridized carbons (Fsp3) is 0.433. The standard InChI is InChI=1S/C30H33F3N2O6/c1-17(2)41-20-9-7-19(8-10-20)26(37)34-29(30(31,32)33)25-23(14-28(3,4)15-24(25)36)35(27(29)38)16-18-11-21(39-5)13-22(12-18)40-6/h7-13,17H,14-16H2,1-6H3,(H,34,37). The van der Waals surface area contributed by atoms with Crippen LogP contribution in [0.1, 0.15) is 56.5 Å². The highest BCUT2D eigenvalue weighted by Gasteiger charge is 2.71. The van der Waals surface area contributed by atoms with E-state index in [1.807, 2.05) is 5.32 Å². The summed E-state index contributed by atoms with van der Waals surface area (Å²) in [6, 6.07) is 10.2. The number of nitrogens with zero attached hydrogens (tertiary/aromatic N) is 1. The Morgan fingerprint density at radius 3 is 2.07 bits per heavy atom. The molecule has 2 aliphatic rings. The van der Waals surface area contributed by atoms with Gasteiger partial charge in [0, 0.05) is 23.7 Å². The Morgan fingerprint density at radius 2 is 1.56 bits per heavy atom. The zero-order valence-electron chi connectivity index (χ0n) is 23.8. The maximum absolute atomic E-state index is 15.1. The normalized spacial score (nSPS) is 20.3. The molecule has 220 valence electrons. The molecule has 11 heteroatoms. The number of nitrogens with one attached hydrogen (secondary N) is 1. The summed E-state index contributed by atoms with van der Waals surface area (Å²) in [5.74, 6) is -2.26. The van der Waals surface area contributed by atoms with Gasteiger partial charge in [-0.15, -0.1) is 0 Å².